The van der Waals surface area contributed by atoms with Crippen LogP contribution in [0.15, 0.2) is 42.7 Å². The molecule has 6 nitrogen and oxygen atoms in total. The Bertz CT molecular complexity index is 1030. The molecule has 2 bridgehead atoms. The molecule has 1 unspecified atom stereocenters. The second kappa shape index (κ2) is 6.83. The van der Waals surface area contributed by atoms with Gasteiger partial charge in [-0.05, 0) is 72.8 Å². The number of anilines is 1. The van der Waals surface area contributed by atoms with E-state index in [1.807, 2.05) is 24.3 Å². The highest BCUT2D eigenvalue weighted by Crippen LogP contribution is 2.58. The summed E-state index contributed by atoms with van der Waals surface area (Å²) in [5, 5.41) is 26.2. The Hall–Kier alpha value is -2.89. The number of benzene rings is 1. The van der Waals surface area contributed by atoms with Crippen LogP contribution in [0, 0.1) is 10.8 Å². The molecular weight excluding hydrogens is 374 g/mol. The van der Waals surface area contributed by atoms with Crippen molar-refractivity contribution in [2.24, 2.45) is 10.8 Å². The van der Waals surface area contributed by atoms with E-state index in [1.54, 1.807) is 18.5 Å². The third-order valence-electron chi connectivity index (χ3n) is 7.31. The number of H-pyrrole nitrogens is 1. The summed E-state index contributed by atoms with van der Waals surface area (Å²) >= 11 is 0. The fourth-order valence-corrected chi connectivity index (χ4v) is 5.82. The van der Waals surface area contributed by atoms with Crippen LogP contribution in [0.1, 0.15) is 46.0 Å². The summed E-state index contributed by atoms with van der Waals surface area (Å²) in [6.45, 7) is 4.89. The molecule has 5 rings (SSSR count). The van der Waals surface area contributed by atoms with Crippen LogP contribution in [0.4, 0.5) is 5.82 Å². The Morgan fingerprint density at radius 1 is 1.03 bits per heavy atom. The first-order chi connectivity index (χ1) is 14.3. The lowest BCUT2D eigenvalue weighted by molar-refractivity contribution is 0.148. The number of rotatable bonds is 4. The van der Waals surface area contributed by atoms with Gasteiger partial charge in [0.1, 0.15) is 5.75 Å². The molecule has 0 radical (unpaired) electrons. The molecule has 2 fully saturated rings. The lowest BCUT2D eigenvalue weighted by Gasteiger charge is -2.44. The first kappa shape index (κ1) is 19.1. The zero-order chi connectivity index (χ0) is 20.9. The van der Waals surface area contributed by atoms with Gasteiger partial charge in [-0.25, -0.2) is 0 Å². The molecule has 156 valence electrons. The van der Waals surface area contributed by atoms with Crippen molar-refractivity contribution in [2.45, 2.75) is 52.0 Å². The maximum absolute atomic E-state index is 10.5. The van der Waals surface area contributed by atoms with Crippen LogP contribution in [0.25, 0.3) is 22.4 Å². The van der Waals surface area contributed by atoms with Crippen LogP contribution in [0.5, 0.6) is 5.75 Å². The van der Waals surface area contributed by atoms with Gasteiger partial charge in [0.2, 0.25) is 0 Å². The van der Waals surface area contributed by atoms with Crippen molar-refractivity contribution < 1.29 is 5.11 Å². The van der Waals surface area contributed by atoms with Crippen LogP contribution in [-0.2, 0) is 0 Å². The molecule has 6 heteroatoms. The number of hydrogen-bond acceptors (Lipinski definition) is 5. The van der Waals surface area contributed by atoms with E-state index in [-0.39, 0.29) is 5.75 Å². The van der Waals surface area contributed by atoms with E-state index >= 15 is 0 Å². The van der Waals surface area contributed by atoms with Crippen molar-refractivity contribution >= 4 is 5.82 Å². The highest BCUT2D eigenvalue weighted by molar-refractivity contribution is 5.73. The van der Waals surface area contributed by atoms with Gasteiger partial charge in [0.25, 0.3) is 0 Å². The van der Waals surface area contributed by atoms with Gasteiger partial charge in [-0.3, -0.25) is 5.10 Å². The largest absolute Gasteiger partial charge is 0.507 e. The van der Waals surface area contributed by atoms with Crippen molar-refractivity contribution in [3.05, 3.63) is 42.7 Å². The molecule has 3 atom stereocenters. The molecule has 3 aromatic rings. The third-order valence-corrected chi connectivity index (χ3v) is 7.31. The number of aromatic hydroxyl groups is 1. The average Bonchev–Trinajstić information content (AvgIpc) is 3.33. The Labute approximate surface area is 177 Å². The topological polar surface area (TPSA) is 77.9 Å². The molecule has 2 aliphatic rings. The molecular formula is C24H29N5O. The summed E-state index contributed by atoms with van der Waals surface area (Å²) in [6, 6.07) is 10.0. The van der Waals surface area contributed by atoms with Gasteiger partial charge in [0.05, 0.1) is 11.9 Å². The summed E-state index contributed by atoms with van der Waals surface area (Å²) in [5.74, 6) is 1.08. The van der Waals surface area contributed by atoms with Crippen molar-refractivity contribution in [3.8, 4) is 28.1 Å². The number of hydrogen-bond donors (Lipinski definition) is 2. The van der Waals surface area contributed by atoms with E-state index in [9.17, 15) is 5.11 Å². The molecule has 2 saturated carbocycles. The summed E-state index contributed by atoms with van der Waals surface area (Å²) in [4.78, 5) is 2.31. The van der Waals surface area contributed by atoms with Crippen molar-refractivity contribution in [2.75, 3.05) is 11.9 Å². The first-order valence-corrected chi connectivity index (χ1v) is 10.7. The molecule has 0 aliphatic heterocycles. The van der Waals surface area contributed by atoms with E-state index in [1.165, 1.54) is 32.1 Å². The molecule has 0 saturated heterocycles. The molecule has 2 aliphatic carbocycles. The summed E-state index contributed by atoms with van der Waals surface area (Å²) in [7, 11) is 2.14. The predicted molar refractivity (Wildman–Crippen MR) is 118 cm³/mol. The van der Waals surface area contributed by atoms with Crippen molar-refractivity contribution in [3.63, 3.8) is 0 Å². The lowest BCUT2D eigenvalue weighted by Crippen LogP contribution is -2.42. The number of nitrogens with one attached hydrogen (secondary N) is 1. The Morgan fingerprint density at radius 2 is 1.80 bits per heavy atom. The summed E-state index contributed by atoms with van der Waals surface area (Å²) in [5.41, 5.74) is 4.11. The first-order valence-electron chi connectivity index (χ1n) is 10.7. The fourth-order valence-electron chi connectivity index (χ4n) is 5.82. The van der Waals surface area contributed by atoms with E-state index in [2.05, 4.69) is 46.2 Å². The summed E-state index contributed by atoms with van der Waals surface area (Å²) in [6.07, 6.45) is 10.0. The third kappa shape index (κ3) is 3.34. The smallest absolute Gasteiger partial charge is 0.151 e. The van der Waals surface area contributed by atoms with Gasteiger partial charge >= 0.3 is 0 Å². The number of phenols is 1. The molecule has 2 aromatic heterocycles. The highest BCUT2D eigenvalue weighted by Gasteiger charge is 2.49. The zero-order valence-corrected chi connectivity index (χ0v) is 17.9. The number of fused-ring (bicyclic) bond motifs is 2. The minimum Gasteiger partial charge on any atom is -0.507 e. The van der Waals surface area contributed by atoms with Crippen LogP contribution < -0.4 is 4.90 Å². The van der Waals surface area contributed by atoms with Crippen LogP contribution in [0.2, 0.25) is 0 Å². The Balaban J connectivity index is 1.36. The maximum Gasteiger partial charge on any atom is 0.151 e. The quantitative estimate of drug-likeness (QED) is 0.638. The van der Waals surface area contributed by atoms with E-state index in [4.69, 9.17) is 0 Å². The normalized spacial score (nSPS) is 27.9. The van der Waals surface area contributed by atoms with Crippen molar-refractivity contribution in [1.82, 2.24) is 20.4 Å². The van der Waals surface area contributed by atoms with Crippen LogP contribution in [0.3, 0.4) is 0 Å². The number of nitrogens with zero attached hydrogens (tertiary/aromatic N) is 4. The van der Waals surface area contributed by atoms with E-state index < -0.39 is 0 Å². The minimum atomic E-state index is 0.189. The van der Waals surface area contributed by atoms with Gasteiger partial charge < -0.3 is 10.0 Å². The van der Waals surface area contributed by atoms with Crippen LogP contribution in [-0.4, -0.2) is 38.6 Å². The molecule has 0 spiro atoms. The van der Waals surface area contributed by atoms with E-state index in [0.29, 0.717) is 28.1 Å². The fraction of sp³-hybridized carbons (Fsp3) is 0.458. The van der Waals surface area contributed by atoms with Gasteiger partial charge in [-0.2, -0.15) is 5.10 Å². The van der Waals surface area contributed by atoms with Crippen molar-refractivity contribution in [1.29, 1.82) is 0 Å². The van der Waals surface area contributed by atoms with Crippen LogP contribution >= 0.6 is 0 Å². The van der Waals surface area contributed by atoms with Gasteiger partial charge in [-0.15, -0.1) is 10.2 Å². The molecule has 2 heterocycles. The van der Waals surface area contributed by atoms with Gasteiger partial charge in [-0.1, -0.05) is 19.9 Å². The van der Waals surface area contributed by atoms with Gasteiger partial charge in [0, 0.05) is 30.4 Å². The zero-order valence-electron chi connectivity index (χ0n) is 17.9. The molecule has 2 N–H and O–H groups in total. The second-order valence-electron chi connectivity index (χ2n) is 9.97. The number of aromatic nitrogens is 4. The second-order valence-corrected chi connectivity index (χ2v) is 9.97. The molecule has 1 aromatic carbocycles. The Morgan fingerprint density at radius 3 is 2.40 bits per heavy atom. The lowest BCUT2D eigenvalue weighted by atomic mass is 9.68. The minimum absolute atomic E-state index is 0.189. The average molecular weight is 404 g/mol. The number of phenolic OH excluding ortho intramolecular Hbond substituents is 1. The summed E-state index contributed by atoms with van der Waals surface area (Å²) < 4.78 is 0. The molecule has 30 heavy (non-hydrogen) atoms. The maximum atomic E-state index is 10.5. The predicted octanol–water partition coefficient (Wildman–Crippen LogP) is 5.03. The molecule has 0 amide bonds. The highest BCUT2D eigenvalue weighted by atomic mass is 16.3. The Kier molecular flexibility index (Phi) is 4.34. The van der Waals surface area contributed by atoms with E-state index in [0.717, 1.165) is 16.9 Å². The standard InChI is InChI=1S/C24H29N5O/c1-23-8-9-24(2,15-23)12-18(11-23)29(3)22-7-6-20(27-28-22)19-5-4-16(10-21(19)30)17-13-25-26-14-17/h4-7,10,13-14,18,30H,8-9,11-12,15H2,1-3H3,(H,25,26)/t18?,23-,24+. The monoisotopic (exact) mass is 403 g/mol. The van der Waals surface area contributed by atoms with Gasteiger partial charge in [0.15, 0.2) is 5.82 Å². The SMILES string of the molecule is CN(c1ccc(-c2ccc(-c3cn[nH]c3)cc2O)nn1)C1C[C@]2(C)CC[C@](C)(C1)C2. The number of aromatic amines is 1.